The number of hydrogen-bond acceptors (Lipinski definition) is 3. The lowest BCUT2D eigenvalue weighted by Crippen LogP contribution is -2.73. The number of carbonyl (C=O) groups excluding carboxylic acids is 2. The van der Waals surface area contributed by atoms with Gasteiger partial charge in [0.15, 0.2) is 0 Å². The highest BCUT2D eigenvalue weighted by atomic mass is 19.1. The molecule has 0 unspecified atom stereocenters. The van der Waals surface area contributed by atoms with Gasteiger partial charge in [-0.25, -0.2) is 9.18 Å². The average Bonchev–Trinajstić information content (AvgIpc) is 2.81. The molecular weight excluding hydrogens is 433 g/mol. The zero-order valence-electron chi connectivity index (χ0n) is 18.8. The van der Waals surface area contributed by atoms with Crippen LogP contribution < -0.4 is 5.32 Å². The summed E-state index contributed by atoms with van der Waals surface area (Å²) in [5, 5.41) is 12.7. The number of hydrogen-bond donors (Lipinski definition) is 2. The Morgan fingerprint density at radius 2 is 1.74 bits per heavy atom. The monoisotopic (exact) mass is 459 g/mol. The quantitative estimate of drug-likeness (QED) is 0.619. The van der Waals surface area contributed by atoms with Gasteiger partial charge in [-0.05, 0) is 41.8 Å². The van der Waals surface area contributed by atoms with Crippen molar-refractivity contribution in [3.05, 3.63) is 89.7 Å². The first kappa shape index (κ1) is 22.1. The molecule has 0 aromatic heterocycles. The molecule has 0 spiro atoms. The minimum Gasteiger partial charge on any atom is -0.394 e. The number of aliphatic hydroxyl groups is 1. The van der Waals surface area contributed by atoms with Gasteiger partial charge in [0.25, 0.3) is 0 Å². The molecule has 2 heterocycles. The molecule has 3 aromatic rings. The normalized spacial score (nSPS) is 21.6. The Bertz CT molecular complexity index is 1210. The first-order chi connectivity index (χ1) is 16.4. The predicted molar refractivity (Wildman–Crippen MR) is 128 cm³/mol. The number of aryl methyl sites for hydroxylation is 1. The standard InChI is InChI=1S/C27H26FN3O3/c1-17-5-7-18(8-6-17)19-9-11-20(12-10-19)26-23-14-30(15-25(33)31(23)24(26)16-32)27(34)29-22-4-2-3-21(28)13-22/h2-13,23-24,26,32H,14-16H2,1H3,(H,29,34)/t23-,24+,26+/m0/s1. The van der Waals surface area contributed by atoms with Gasteiger partial charge in [0.2, 0.25) is 5.91 Å². The molecule has 174 valence electrons. The van der Waals surface area contributed by atoms with Crippen molar-refractivity contribution in [2.75, 3.05) is 25.0 Å². The van der Waals surface area contributed by atoms with Gasteiger partial charge in [-0.3, -0.25) is 4.79 Å². The van der Waals surface area contributed by atoms with Gasteiger partial charge in [0.05, 0.1) is 18.7 Å². The number of amides is 3. The van der Waals surface area contributed by atoms with Crippen molar-refractivity contribution < 1.29 is 19.1 Å². The molecule has 2 N–H and O–H groups in total. The third kappa shape index (κ3) is 4.03. The Morgan fingerprint density at radius 1 is 1.06 bits per heavy atom. The van der Waals surface area contributed by atoms with E-state index in [2.05, 4.69) is 48.6 Å². The fraction of sp³-hybridized carbons (Fsp3) is 0.259. The molecule has 0 saturated carbocycles. The van der Waals surface area contributed by atoms with Crippen molar-refractivity contribution in [1.82, 2.24) is 9.80 Å². The largest absolute Gasteiger partial charge is 0.394 e. The van der Waals surface area contributed by atoms with E-state index in [1.165, 1.54) is 28.7 Å². The van der Waals surface area contributed by atoms with Gasteiger partial charge in [0.1, 0.15) is 12.4 Å². The molecule has 0 radical (unpaired) electrons. The maximum Gasteiger partial charge on any atom is 0.322 e. The zero-order chi connectivity index (χ0) is 23.8. The summed E-state index contributed by atoms with van der Waals surface area (Å²) in [6.07, 6.45) is 0. The number of anilines is 1. The fourth-order valence-electron chi connectivity index (χ4n) is 5.07. The van der Waals surface area contributed by atoms with E-state index in [4.69, 9.17) is 0 Å². The van der Waals surface area contributed by atoms with Crippen LogP contribution in [0.25, 0.3) is 11.1 Å². The number of nitrogens with one attached hydrogen (secondary N) is 1. The van der Waals surface area contributed by atoms with Gasteiger partial charge >= 0.3 is 6.03 Å². The van der Waals surface area contributed by atoms with Crippen LogP contribution >= 0.6 is 0 Å². The van der Waals surface area contributed by atoms with Gasteiger partial charge < -0.3 is 20.2 Å². The minimum atomic E-state index is -0.447. The number of piperazine rings is 1. The second-order valence-corrected chi connectivity index (χ2v) is 8.95. The van der Waals surface area contributed by atoms with E-state index in [0.29, 0.717) is 12.2 Å². The number of benzene rings is 3. The Labute approximate surface area is 197 Å². The van der Waals surface area contributed by atoms with Crippen LogP contribution in [0.1, 0.15) is 17.0 Å². The van der Waals surface area contributed by atoms with E-state index < -0.39 is 11.8 Å². The van der Waals surface area contributed by atoms with Crippen LogP contribution in [0.3, 0.4) is 0 Å². The summed E-state index contributed by atoms with van der Waals surface area (Å²) in [6.45, 7) is 2.18. The molecule has 7 heteroatoms. The van der Waals surface area contributed by atoms with Crippen molar-refractivity contribution in [2.24, 2.45) is 0 Å². The van der Waals surface area contributed by atoms with Crippen LogP contribution in [0.5, 0.6) is 0 Å². The molecule has 2 aliphatic rings. The molecule has 2 aliphatic heterocycles. The van der Waals surface area contributed by atoms with Crippen LogP contribution in [-0.4, -0.2) is 58.6 Å². The summed E-state index contributed by atoms with van der Waals surface area (Å²) >= 11 is 0. The predicted octanol–water partition coefficient (Wildman–Crippen LogP) is 4.00. The van der Waals surface area contributed by atoms with E-state index in [-0.39, 0.29) is 37.1 Å². The topological polar surface area (TPSA) is 72.9 Å². The molecule has 0 aliphatic carbocycles. The molecule has 0 bridgehead atoms. The maximum atomic E-state index is 13.5. The SMILES string of the molecule is Cc1ccc(-c2ccc([C@H]3[C@@H](CO)N4C(=O)CN(C(=O)Nc5cccc(F)c5)C[C@@H]34)cc2)cc1. The van der Waals surface area contributed by atoms with Crippen molar-refractivity contribution >= 4 is 17.6 Å². The number of aliphatic hydroxyl groups excluding tert-OH is 1. The van der Waals surface area contributed by atoms with E-state index in [0.717, 1.165) is 16.7 Å². The maximum absolute atomic E-state index is 13.5. The van der Waals surface area contributed by atoms with Gasteiger partial charge in [-0.1, -0.05) is 60.2 Å². The Hall–Kier alpha value is -3.71. The smallest absolute Gasteiger partial charge is 0.322 e. The summed E-state index contributed by atoms with van der Waals surface area (Å²) in [7, 11) is 0. The molecule has 34 heavy (non-hydrogen) atoms. The van der Waals surface area contributed by atoms with E-state index >= 15 is 0 Å². The average molecular weight is 460 g/mol. The number of fused-ring (bicyclic) bond motifs is 1. The minimum absolute atomic E-state index is 0.0762. The van der Waals surface area contributed by atoms with Gasteiger partial charge in [-0.2, -0.15) is 0 Å². The number of urea groups is 1. The van der Waals surface area contributed by atoms with Crippen molar-refractivity contribution in [3.8, 4) is 11.1 Å². The highest BCUT2D eigenvalue weighted by Gasteiger charge is 2.54. The van der Waals surface area contributed by atoms with Gasteiger partial charge in [-0.15, -0.1) is 0 Å². The number of nitrogens with zero attached hydrogens (tertiary/aromatic N) is 2. The summed E-state index contributed by atoms with van der Waals surface area (Å²) < 4.78 is 13.5. The van der Waals surface area contributed by atoms with Crippen LogP contribution in [0.15, 0.2) is 72.8 Å². The summed E-state index contributed by atoms with van der Waals surface area (Å²) in [5.41, 5.74) is 4.78. The van der Waals surface area contributed by atoms with Crippen LogP contribution in [0, 0.1) is 12.7 Å². The van der Waals surface area contributed by atoms with Crippen LogP contribution in [-0.2, 0) is 4.79 Å². The summed E-state index contributed by atoms with van der Waals surface area (Å²) in [6, 6.07) is 21.2. The Balaban J connectivity index is 1.34. The lowest BCUT2D eigenvalue weighted by Gasteiger charge is -2.58. The third-order valence-electron chi connectivity index (χ3n) is 6.80. The second kappa shape index (κ2) is 8.91. The molecule has 5 rings (SSSR count). The van der Waals surface area contributed by atoms with Crippen molar-refractivity contribution in [2.45, 2.75) is 24.9 Å². The highest BCUT2D eigenvalue weighted by Crippen LogP contribution is 2.43. The molecule has 2 fully saturated rings. The number of carbonyl (C=O) groups is 2. The third-order valence-corrected chi connectivity index (χ3v) is 6.80. The summed E-state index contributed by atoms with van der Waals surface area (Å²) in [4.78, 5) is 28.8. The van der Waals surface area contributed by atoms with Crippen molar-refractivity contribution in [1.29, 1.82) is 0 Å². The Morgan fingerprint density at radius 3 is 2.38 bits per heavy atom. The Kier molecular flexibility index (Phi) is 5.79. The second-order valence-electron chi connectivity index (χ2n) is 8.95. The van der Waals surface area contributed by atoms with Gasteiger partial charge in [0, 0.05) is 18.2 Å². The molecule has 3 atom stereocenters. The molecule has 2 saturated heterocycles. The first-order valence-corrected chi connectivity index (χ1v) is 11.3. The van der Waals surface area contributed by atoms with E-state index in [1.807, 2.05) is 12.1 Å². The van der Waals surface area contributed by atoms with E-state index in [1.54, 1.807) is 11.0 Å². The molecule has 3 aromatic carbocycles. The molecule has 3 amide bonds. The van der Waals surface area contributed by atoms with Crippen LogP contribution in [0.4, 0.5) is 14.9 Å². The number of halogens is 1. The lowest BCUT2D eigenvalue weighted by molar-refractivity contribution is -0.159. The van der Waals surface area contributed by atoms with Crippen LogP contribution in [0.2, 0.25) is 0 Å². The van der Waals surface area contributed by atoms with E-state index in [9.17, 15) is 19.1 Å². The molecule has 6 nitrogen and oxygen atoms in total. The summed E-state index contributed by atoms with van der Waals surface area (Å²) in [5.74, 6) is -0.722. The van der Waals surface area contributed by atoms with Crippen molar-refractivity contribution in [3.63, 3.8) is 0 Å². The zero-order valence-corrected chi connectivity index (χ0v) is 18.8. The highest BCUT2D eigenvalue weighted by molar-refractivity contribution is 5.93. The molecular formula is C27H26FN3O3. The lowest BCUT2D eigenvalue weighted by atomic mass is 9.73. The first-order valence-electron chi connectivity index (χ1n) is 11.3. The fourth-order valence-corrected chi connectivity index (χ4v) is 5.07. The number of rotatable bonds is 4.